The zero-order valence-electron chi connectivity index (χ0n) is 11.1. The van der Waals surface area contributed by atoms with Crippen molar-refractivity contribution in [1.29, 1.82) is 0 Å². The summed E-state index contributed by atoms with van der Waals surface area (Å²) in [5.41, 5.74) is 0. The van der Waals surface area contributed by atoms with Gasteiger partial charge in [-0.2, -0.15) is 17.4 Å². The van der Waals surface area contributed by atoms with Gasteiger partial charge in [-0.3, -0.25) is 0 Å². The minimum Gasteiger partial charge on any atom is -0.468 e. The van der Waals surface area contributed by atoms with Gasteiger partial charge in [0.1, 0.15) is 5.76 Å². The Morgan fingerprint density at radius 1 is 1.47 bits per heavy atom. The maximum atomic E-state index is 11.9. The van der Waals surface area contributed by atoms with Crippen molar-refractivity contribution < 1.29 is 12.8 Å². The van der Waals surface area contributed by atoms with Gasteiger partial charge in [-0.1, -0.05) is 0 Å². The Labute approximate surface area is 114 Å². The number of nitrogens with zero attached hydrogens (tertiary/aromatic N) is 1. The van der Waals surface area contributed by atoms with Gasteiger partial charge < -0.3 is 9.73 Å². The highest BCUT2D eigenvalue weighted by Gasteiger charge is 2.20. The third-order valence-electron chi connectivity index (χ3n) is 3.08. The van der Waals surface area contributed by atoms with Crippen LogP contribution in [0.1, 0.15) is 25.0 Å². The summed E-state index contributed by atoms with van der Waals surface area (Å²) < 4.78 is 32.8. The molecule has 6 nitrogen and oxygen atoms in total. The van der Waals surface area contributed by atoms with Crippen LogP contribution < -0.4 is 10.0 Å². The average Bonchev–Trinajstić information content (AvgIpc) is 3.05. The fraction of sp³-hybridized carbons (Fsp3) is 0.667. The van der Waals surface area contributed by atoms with Gasteiger partial charge >= 0.3 is 0 Å². The van der Waals surface area contributed by atoms with Crippen LogP contribution in [0.4, 0.5) is 0 Å². The van der Waals surface area contributed by atoms with E-state index in [9.17, 15) is 8.42 Å². The molecule has 1 saturated carbocycles. The molecule has 19 heavy (non-hydrogen) atoms. The zero-order chi connectivity index (χ0) is 13.7. The van der Waals surface area contributed by atoms with Crippen molar-refractivity contribution in [3.63, 3.8) is 0 Å². The third-order valence-corrected chi connectivity index (χ3v) is 4.59. The Balaban J connectivity index is 1.67. The smallest absolute Gasteiger partial charge is 0.279 e. The molecular formula is C12H21N3O3S. The fourth-order valence-corrected chi connectivity index (χ4v) is 2.62. The van der Waals surface area contributed by atoms with Crippen molar-refractivity contribution in [2.45, 2.75) is 31.8 Å². The maximum absolute atomic E-state index is 11.9. The van der Waals surface area contributed by atoms with E-state index in [2.05, 4.69) is 10.0 Å². The van der Waals surface area contributed by atoms with Crippen LogP contribution in [0.2, 0.25) is 0 Å². The second-order valence-electron chi connectivity index (χ2n) is 4.81. The molecule has 1 heterocycles. The zero-order valence-corrected chi connectivity index (χ0v) is 11.9. The monoisotopic (exact) mass is 287 g/mol. The standard InChI is InChI=1S/C12H21N3O3S/c1-15(8-3-7-13-11-5-6-11)19(16,17)14-10-12-4-2-9-18-12/h2,4,9,11,13-14H,3,5-8,10H2,1H3. The minimum atomic E-state index is -3.43. The average molecular weight is 287 g/mol. The highest BCUT2D eigenvalue weighted by atomic mass is 32.2. The lowest BCUT2D eigenvalue weighted by molar-refractivity contribution is 0.437. The summed E-state index contributed by atoms with van der Waals surface area (Å²) in [4.78, 5) is 0. The Morgan fingerprint density at radius 3 is 2.89 bits per heavy atom. The number of hydrogen-bond acceptors (Lipinski definition) is 4. The van der Waals surface area contributed by atoms with Crippen LogP contribution in [-0.2, 0) is 16.8 Å². The van der Waals surface area contributed by atoms with Crippen LogP contribution in [0.25, 0.3) is 0 Å². The van der Waals surface area contributed by atoms with Crippen LogP contribution in [-0.4, -0.2) is 38.9 Å². The van der Waals surface area contributed by atoms with Crippen molar-refractivity contribution in [1.82, 2.24) is 14.3 Å². The first-order chi connectivity index (χ1) is 9.08. The van der Waals surface area contributed by atoms with Gasteiger partial charge in [-0.15, -0.1) is 0 Å². The molecule has 2 N–H and O–H groups in total. The lowest BCUT2D eigenvalue weighted by Crippen LogP contribution is -2.39. The first-order valence-corrected chi connectivity index (χ1v) is 7.98. The van der Waals surface area contributed by atoms with E-state index in [1.165, 1.54) is 23.4 Å². The van der Waals surface area contributed by atoms with E-state index in [4.69, 9.17) is 4.42 Å². The van der Waals surface area contributed by atoms with Crippen LogP contribution >= 0.6 is 0 Å². The van der Waals surface area contributed by atoms with E-state index in [-0.39, 0.29) is 6.54 Å². The summed E-state index contributed by atoms with van der Waals surface area (Å²) in [6, 6.07) is 4.14. The highest BCUT2D eigenvalue weighted by Crippen LogP contribution is 2.18. The Morgan fingerprint density at radius 2 is 2.26 bits per heavy atom. The second-order valence-corrected chi connectivity index (χ2v) is 6.67. The molecule has 0 atom stereocenters. The molecule has 1 aromatic rings. The van der Waals surface area contributed by atoms with E-state index >= 15 is 0 Å². The summed E-state index contributed by atoms with van der Waals surface area (Å²) in [5.74, 6) is 0.604. The molecule has 0 saturated heterocycles. The van der Waals surface area contributed by atoms with Gasteiger partial charge in [-0.25, -0.2) is 0 Å². The lowest BCUT2D eigenvalue weighted by Gasteiger charge is -2.17. The van der Waals surface area contributed by atoms with Crippen LogP contribution in [0, 0.1) is 0 Å². The predicted molar refractivity (Wildman–Crippen MR) is 72.7 cm³/mol. The molecule has 0 bridgehead atoms. The number of nitrogens with one attached hydrogen (secondary N) is 2. The van der Waals surface area contributed by atoms with E-state index in [1.807, 2.05) is 0 Å². The van der Waals surface area contributed by atoms with Gasteiger partial charge in [0.05, 0.1) is 12.8 Å². The van der Waals surface area contributed by atoms with E-state index in [0.29, 0.717) is 18.3 Å². The van der Waals surface area contributed by atoms with E-state index in [0.717, 1.165) is 13.0 Å². The summed E-state index contributed by atoms with van der Waals surface area (Å²) >= 11 is 0. The van der Waals surface area contributed by atoms with Crippen LogP contribution in [0.3, 0.4) is 0 Å². The summed E-state index contributed by atoms with van der Waals surface area (Å²) in [6.45, 7) is 1.55. The highest BCUT2D eigenvalue weighted by molar-refractivity contribution is 7.87. The first-order valence-electron chi connectivity index (χ1n) is 6.54. The quantitative estimate of drug-likeness (QED) is 0.655. The maximum Gasteiger partial charge on any atom is 0.279 e. The second kappa shape index (κ2) is 6.51. The lowest BCUT2D eigenvalue weighted by atomic mass is 10.4. The number of rotatable bonds is 9. The molecule has 0 unspecified atom stereocenters. The molecule has 7 heteroatoms. The molecule has 1 fully saturated rings. The summed E-state index contributed by atoms with van der Waals surface area (Å²) in [5, 5.41) is 3.36. The molecule has 1 aliphatic carbocycles. The molecule has 1 aliphatic rings. The Hall–Kier alpha value is -0.890. The first kappa shape index (κ1) is 14.5. The molecule has 108 valence electrons. The molecular weight excluding hydrogens is 266 g/mol. The molecule has 0 spiro atoms. The van der Waals surface area contributed by atoms with Gasteiger partial charge in [-0.05, 0) is 37.9 Å². The van der Waals surface area contributed by atoms with Crippen molar-refractivity contribution in [2.24, 2.45) is 0 Å². The molecule has 0 aromatic carbocycles. The van der Waals surface area contributed by atoms with E-state index in [1.54, 1.807) is 19.2 Å². The van der Waals surface area contributed by atoms with Gasteiger partial charge in [0, 0.05) is 19.6 Å². The SMILES string of the molecule is CN(CCCNC1CC1)S(=O)(=O)NCc1ccco1. The van der Waals surface area contributed by atoms with Crippen LogP contribution in [0.5, 0.6) is 0 Å². The minimum absolute atomic E-state index is 0.181. The Bertz CT molecular complexity index is 468. The predicted octanol–water partition coefficient (Wildman–Crippen LogP) is 0.688. The number of furan rings is 1. The third kappa shape index (κ3) is 4.94. The largest absolute Gasteiger partial charge is 0.468 e. The molecule has 0 aliphatic heterocycles. The molecule has 2 rings (SSSR count). The van der Waals surface area contributed by atoms with Crippen molar-refractivity contribution in [3.05, 3.63) is 24.2 Å². The van der Waals surface area contributed by atoms with Gasteiger partial charge in [0.25, 0.3) is 10.2 Å². The fourth-order valence-electron chi connectivity index (χ4n) is 1.70. The van der Waals surface area contributed by atoms with Crippen molar-refractivity contribution in [3.8, 4) is 0 Å². The van der Waals surface area contributed by atoms with Gasteiger partial charge in [0.15, 0.2) is 0 Å². The van der Waals surface area contributed by atoms with Gasteiger partial charge in [0.2, 0.25) is 0 Å². The normalized spacial score (nSPS) is 16.1. The van der Waals surface area contributed by atoms with E-state index < -0.39 is 10.2 Å². The number of hydrogen-bond donors (Lipinski definition) is 2. The molecule has 0 radical (unpaired) electrons. The van der Waals surface area contributed by atoms with Crippen molar-refractivity contribution in [2.75, 3.05) is 20.1 Å². The summed E-state index contributed by atoms with van der Waals surface area (Å²) in [6.07, 6.45) is 4.84. The van der Waals surface area contributed by atoms with Crippen LogP contribution in [0.15, 0.2) is 22.8 Å². The molecule has 0 amide bonds. The van der Waals surface area contributed by atoms with Crippen molar-refractivity contribution >= 4 is 10.2 Å². The summed E-state index contributed by atoms with van der Waals surface area (Å²) in [7, 11) is -1.84. The Kier molecular flexibility index (Phi) is 4.98. The molecule has 1 aromatic heterocycles. The topological polar surface area (TPSA) is 74.6 Å².